The van der Waals surface area contributed by atoms with E-state index in [0.29, 0.717) is 27.9 Å². The Morgan fingerprint density at radius 2 is 1.92 bits per heavy atom. The summed E-state index contributed by atoms with van der Waals surface area (Å²) in [5.41, 5.74) is 1.16. The number of amides is 1. The van der Waals surface area contributed by atoms with Crippen molar-refractivity contribution in [2.24, 2.45) is 0 Å². The zero-order chi connectivity index (χ0) is 16.9. The van der Waals surface area contributed by atoms with E-state index in [1.807, 2.05) is 18.2 Å². The van der Waals surface area contributed by atoms with Crippen LogP contribution in [-0.4, -0.2) is 22.9 Å². The summed E-state index contributed by atoms with van der Waals surface area (Å²) in [4.78, 5) is 22.2. The molecule has 3 rings (SSSR count). The summed E-state index contributed by atoms with van der Waals surface area (Å²) in [7, 11) is 1.69. The molecule has 1 amide bonds. The number of nitrogens with zero attached hydrogens (tertiary/aromatic N) is 3. The van der Waals surface area contributed by atoms with Crippen LogP contribution >= 0.6 is 11.6 Å². The van der Waals surface area contributed by atoms with Gasteiger partial charge in [0, 0.05) is 25.5 Å². The van der Waals surface area contributed by atoms with Gasteiger partial charge in [-0.3, -0.25) is 9.78 Å². The lowest BCUT2D eigenvalue weighted by molar-refractivity contribution is 0.0992. The lowest BCUT2D eigenvalue weighted by Crippen LogP contribution is -2.26. The van der Waals surface area contributed by atoms with Crippen molar-refractivity contribution in [1.82, 2.24) is 9.97 Å². The summed E-state index contributed by atoms with van der Waals surface area (Å²) in [6.45, 7) is 0. The van der Waals surface area contributed by atoms with E-state index in [9.17, 15) is 4.79 Å². The molecule has 120 valence electrons. The molecule has 0 spiro atoms. The van der Waals surface area contributed by atoms with Gasteiger partial charge in [0.25, 0.3) is 5.91 Å². The van der Waals surface area contributed by atoms with Gasteiger partial charge in [0.05, 0.1) is 22.5 Å². The fourth-order valence-corrected chi connectivity index (χ4v) is 2.24. The second kappa shape index (κ2) is 7.10. The van der Waals surface area contributed by atoms with Gasteiger partial charge in [-0.15, -0.1) is 0 Å². The number of hydrogen-bond donors (Lipinski definition) is 0. The Morgan fingerprint density at radius 3 is 2.58 bits per heavy atom. The Kier molecular flexibility index (Phi) is 4.72. The van der Waals surface area contributed by atoms with Crippen LogP contribution in [0.5, 0.6) is 11.6 Å². The number of aromatic nitrogens is 2. The molecule has 0 atom stereocenters. The largest absolute Gasteiger partial charge is 0.437 e. The van der Waals surface area contributed by atoms with Gasteiger partial charge in [-0.1, -0.05) is 23.7 Å². The average molecular weight is 340 g/mol. The van der Waals surface area contributed by atoms with Crippen molar-refractivity contribution >= 4 is 23.2 Å². The number of pyridine rings is 2. The molecular formula is C18H14ClN3O2. The number of halogens is 1. The number of rotatable bonds is 4. The second-order valence-corrected chi connectivity index (χ2v) is 5.40. The predicted octanol–water partition coefficient (Wildman–Crippen LogP) is 4.20. The molecule has 0 saturated carbocycles. The minimum absolute atomic E-state index is 0.181. The third kappa shape index (κ3) is 3.52. The van der Waals surface area contributed by atoms with Crippen LogP contribution in [0.2, 0.25) is 5.02 Å². The molecule has 0 radical (unpaired) electrons. The van der Waals surface area contributed by atoms with Crippen LogP contribution in [0, 0.1) is 0 Å². The molecule has 0 saturated heterocycles. The van der Waals surface area contributed by atoms with E-state index in [1.165, 1.54) is 11.1 Å². The number of ether oxygens (including phenoxy) is 1. The number of benzene rings is 1. The van der Waals surface area contributed by atoms with Crippen molar-refractivity contribution in [3.05, 3.63) is 77.7 Å². The Morgan fingerprint density at radius 1 is 1.08 bits per heavy atom. The van der Waals surface area contributed by atoms with Crippen molar-refractivity contribution in [3.8, 4) is 11.6 Å². The number of hydrogen-bond acceptors (Lipinski definition) is 4. The predicted molar refractivity (Wildman–Crippen MR) is 92.7 cm³/mol. The minimum atomic E-state index is -0.181. The van der Waals surface area contributed by atoms with Crippen LogP contribution in [0.4, 0.5) is 5.69 Å². The van der Waals surface area contributed by atoms with Crippen molar-refractivity contribution in [2.45, 2.75) is 0 Å². The Bertz CT molecular complexity index is 838. The number of para-hydroxylation sites is 1. The molecule has 5 nitrogen and oxygen atoms in total. The monoisotopic (exact) mass is 339 g/mol. The maximum atomic E-state index is 12.5. The summed E-state index contributed by atoms with van der Waals surface area (Å²) in [6, 6.07) is 14.0. The molecule has 1 aromatic carbocycles. The van der Waals surface area contributed by atoms with E-state index >= 15 is 0 Å². The van der Waals surface area contributed by atoms with Crippen molar-refractivity contribution < 1.29 is 9.53 Å². The second-order valence-electron chi connectivity index (χ2n) is 4.99. The van der Waals surface area contributed by atoms with Gasteiger partial charge in [-0.05, 0) is 30.3 Å². The van der Waals surface area contributed by atoms with Gasteiger partial charge in [0.2, 0.25) is 5.88 Å². The van der Waals surface area contributed by atoms with Crippen LogP contribution < -0.4 is 9.64 Å². The summed E-state index contributed by atoms with van der Waals surface area (Å²) in [5, 5.41) is 0.496. The molecule has 0 N–H and O–H groups in total. The molecule has 6 heteroatoms. The van der Waals surface area contributed by atoms with Crippen LogP contribution in [0.3, 0.4) is 0 Å². The van der Waals surface area contributed by atoms with Crippen LogP contribution in [0.1, 0.15) is 10.4 Å². The number of carbonyl (C=O) groups is 1. The molecule has 0 unspecified atom stereocenters. The van der Waals surface area contributed by atoms with Crippen LogP contribution in [0.15, 0.2) is 67.1 Å². The first-order valence-electron chi connectivity index (χ1n) is 7.21. The van der Waals surface area contributed by atoms with Crippen LogP contribution in [0.25, 0.3) is 0 Å². The standard InChI is InChI=1S/C18H14ClN3O2/c1-22(14-5-4-10-20-12-14)18(23)13-8-9-17(21-11-13)24-16-7-3-2-6-15(16)19/h2-12H,1H3. The molecular weight excluding hydrogens is 326 g/mol. The highest BCUT2D eigenvalue weighted by Crippen LogP contribution is 2.27. The SMILES string of the molecule is CN(C(=O)c1ccc(Oc2ccccc2Cl)nc1)c1cccnc1. The molecule has 0 aliphatic heterocycles. The van der Waals surface area contributed by atoms with Gasteiger partial charge in [-0.25, -0.2) is 4.98 Å². The molecule has 3 aromatic rings. The van der Waals surface area contributed by atoms with E-state index in [4.69, 9.17) is 16.3 Å². The molecule has 0 bridgehead atoms. The first-order valence-corrected chi connectivity index (χ1v) is 7.59. The molecule has 2 aromatic heterocycles. The minimum Gasteiger partial charge on any atom is -0.437 e. The third-order valence-corrected chi connectivity index (χ3v) is 3.68. The molecule has 24 heavy (non-hydrogen) atoms. The highest BCUT2D eigenvalue weighted by Gasteiger charge is 2.14. The Labute approximate surface area is 144 Å². The summed E-state index contributed by atoms with van der Waals surface area (Å²) >= 11 is 6.05. The van der Waals surface area contributed by atoms with E-state index < -0.39 is 0 Å². The molecule has 2 heterocycles. The van der Waals surface area contributed by atoms with Crippen molar-refractivity contribution in [3.63, 3.8) is 0 Å². The maximum absolute atomic E-state index is 12.5. The van der Waals surface area contributed by atoms with E-state index in [2.05, 4.69) is 9.97 Å². The molecule has 0 aliphatic rings. The number of anilines is 1. The highest BCUT2D eigenvalue weighted by atomic mass is 35.5. The fraction of sp³-hybridized carbons (Fsp3) is 0.0556. The topological polar surface area (TPSA) is 55.3 Å². The van der Waals surface area contributed by atoms with Gasteiger partial charge in [0.1, 0.15) is 5.75 Å². The lowest BCUT2D eigenvalue weighted by Gasteiger charge is -2.16. The Balaban J connectivity index is 1.75. The first-order chi connectivity index (χ1) is 11.6. The Hall–Kier alpha value is -2.92. The first kappa shape index (κ1) is 16.0. The number of carbonyl (C=O) groups excluding carboxylic acids is 1. The average Bonchev–Trinajstić information content (AvgIpc) is 2.64. The normalized spacial score (nSPS) is 10.2. The van der Waals surface area contributed by atoms with Gasteiger partial charge in [-0.2, -0.15) is 0 Å². The zero-order valence-electron chi connectivity index (χ0n) is 12.9. The third-order valence-electron chi connectivity index (χ3n) is 3.37. The van der Waals surface area contributed by atoms with E-state index in [0.717, 1.165) is 0 Å². The van der Waals surface area contributed by atoms with Gasteiger partial charge >= 0.3 is 0 Å². The lowest BCUT2D eigenvalue weighted by atomic mass is 10.2. The maximum Gasteiger partial charge on any atom is 0.259 e. The smallest absolute Gasteiger partial charge is 0.259 e. The van der Waals surface area contributed by atoms with Gasteiger partial charge in [0.15, 0.2) is 0 Å². The molecule has 0 fully saturated rings. The molecule has 0 aliphatic carbocycles. The van der Waals surface area contributed by atoms with E-state index in [-0.39, 0.29) is 5.91 Å². The zero-order valence-corrected chi connectivity index (χ0v) is 13.6. The van der Waals surface area contributed by atoms with Crippen molar-refractivity contribution in [2.75, 3.05) is 11.9 Å². The van der Waals surface area contributed by atoms with E-state index in [1.54, 1.807) is 49.8 Å². The van der Waals surface area contributed by atoms with Crippen LogP contribution in [-0.2, 0) is 0 Å². The highest BCUT2D eigenvalue weighted by molar-refractivity contribution is 6.32. The summed E-state index contributed by atoms with van der Waals surface area (Å²) in [6.07, 6.45) is 4.76. The van der Waals surface area contributed by atoms with Crippen molar-refractivity contribution in [1.29, 1.82) is 0 Å². The van der Waals surface area contributed by atoms with Gasteiger partial charge < -0.3 is 9.64 Å². The quantitative estimate of drug-likeness (QED) is 0.715. The fourth-order valence-electron chi connectivity index (χ4n) is 2.07. The summed E-state index contributed by atoms with van der Waals surface area (Å²) < 4.78 is 5.61. The summed E-state index contributed by atoms with van der Waals surface area (Å²) in [5.74, 6) is 0.696.